The van der Waals surface area contributed by atoms with Crippen molar-refractivity contribution in [2.24, 2.45) is 10.8 Å². The molecule has 0 spiro atoms. The molecular formula is C29H29ClN2O. The maximum atomic E-state index is 9.36. The zero-order valence-corrected chi connectivity index (χ0v) is 20.5. The van der Waals surface area contributed by atoms with Crippen molar-refractivity contribution in [3.05, 3.63) is 81.6 Å². The Hall–Kier alpha value is -2.96. The van der Waals surface area contributed by atoms with Gasteiger partial charge in [0.05, 0.1) is 0 Å². The normalized spacial score (nSPS) is 21.5. The summed E-state index contributed by atoms with van der Waals surface area (Å²) in [4.78, 5) is 2.61. The van der Waals surface area contributed by atoms with Crippen molar-refractivity contribution in [1.29, 1.82) is 5.26 Å². The van der Waals surface area contributed by atoms with Gasteiger partial charge in [0.25, 0.3) is 0 Å². The smallest absolute Gasteiger partial charge is 0.135 e. The van der Waals surface area contributed by atoms with Crippen LogP contribution in [0.15, 0.2) is 59.3 Å². The number of nitriles is 1. The third kappa shape index (κ3) is 4.21. The van der Waals surface area contributed by atoms with Crippen LogP contribution in [0.25, 0.3) is 11.6 Å². The predicted octanol–water partition coefficient (Wildman–Crippen LogP) is 7.12. The van der Waals surface area contributed by atoms with Crippen LogP contribution in [0, 0.1) is 22.2 Å². The Morgan fingerprint density at radius 2 is 1.67 bits per heavy atom. The highest BCUT2D eigenvalue weighted by Gasteiger charge is 2.38. The molecule has 33 heavy (non-hydrogen) atoms. The van der Waals surface area contributed by atoms with Crippen molar-refractivity contribution in [2.45, 2.75) is 40.5 Å². The molecule has 0 atom stereocenters. The van der Waals surface area contributed by atoms with E-state index in [0.29, 0.717) is 17.1 Å². The summed E-state index contributed by atoms with van der Waals surface area (Å²) >= 11 is 6.24. The lowest BCUT2D eigenvalue weighted by atomic mass is 9.73. The second kappa shape index (κ2) is 7.82. The first kappa shape index (κ1) is 21.9. The van der Waals surface area contributed by atoms with Crippen molar-refractivity contribution in [1.82, 2.24) is 0 Å². The van der Waals surface area contributed by atoms with E-state index in [9.17, 15) is 5.26 Å². The number of nitrogens with zero attached hydrogens (tertiary/aromatic N) is 2. The number of ether oxygens (including phenoxy) is 1. The van der Waals surface area contributed by atoms with E-state index >= 15 is 0 Å². The summed E-state index contributed by atoms with van der Waals surface area (Å²) in [6, 6.07) is 14.4. The molecule has 3 aliphatic heterocycles. The Bertz CT molecular complexity index is 1230. The minimum atomic E-state index is 0.166. The van der Waals surface area contributed by atoms with Crippen molar-refractivity contribution in [3.63, 3.8) is 0 Å². The highest BCUT2D eigenvalue weighted by Crippen LogP contribution is 2.45. The molecule has 5 rings (SSSR count). The summed E-state index contributed by atoms with van der Waals surface area (Å²) in [5, 5.41) is 9.52. The number of rotatable bonds is 2. The van der Waals surface area contributed by atoms with Crippen LogP contribution < -0.4 is 9.64 Å². The molecule has 4 heteroatoms. The number of anilines is 1. The van der Waals surface area contributed by atoms with Crippen molar-refractivity contribution >= 4 is 28.9 Å². The Morgan fingerprint density at radius 1 is 1.03 bits per heavy atom. The van der Waals surface area contributed by atoms with Crippen LogP contribution in [-0.4, -0.2) is 13.1 Å². The van der Waals surface area contributed by atoms with Gasteiger partial charge in [0, 0.05) is 29.9 Å². The Balaban J connectivity index is 1.53. The van der Waals surface area contributed by atoms with E-state index in [-0.39, 0.29) is 15.9 Å². The fourth-order valence-corrected chi connectivity index (χ4v) is 5.76. The number of allylic oxidation sites excluding steroid dienone is 4. The van der Waals surface area contributed by atoms with E-state index in [1.54, 1.807) is 0 Å². The molecule has 168 valence electrons. The first-order valence-electron chi connectivity index (χ1n) is 11.5. The molecule has 0 saturated carbocycles. The molecule has 0 fully saturated rings. The van der Waals surface area contributed by atoms with Crippen LogP contribution in [0.5, 0.6) is 5.75 Å². The van der Waals surface area contributed by atoms with Crippen LogP contribution in [0.2, 0.25) is 0 Å². The Morgan fingerprint density at radius 3 is 2.30 bits per heavy atom. The summed E-state index contributed by atoms with van der Waals surface area (Å²) < 4.78 is 6.11. The van der Waals surface area contributed by atoms with Crippen molar-refractivity contribution in [3.8, 4) is 11.8 Å². The van der Waals surface area contributed by atoms with Gasteiger partial charge in [-0.2, -0.15) is 5.26 Å². The molecule has 2 aromatic rings. The maximum absolute atomic E-state index is 9.36. The van der Waals surface area contributed by atoms with E-state index in [1.165, 1.54) is 22.4 Å². The number of hydrogen-bond donors (Lipinski definition) is 0. The first-order chi connectivity index (χ1) is 15.6. The monoisotopic (exact) mass is 456 g/mol. The third-order valence-electron chi connectivity index (χ3n) is 6.65. The summed E-state index contributed by atoms with van der Waals surface area (Å²) in [6.45, 7) is 11.7. The first-order valence-corrected chi connectivity index (χ1v) is 11.9. The molecule has 0 bridgehead atoms. The number of halogens is 1. The minimum absolute atomic E-state index is 0.166. The highest BCUT2D eigenvalue weighted by atomic mass is 35.5. The fourth-order valence-electron chi connectivity index (χ4n) is 5.61. The summed E-state index contributed by atoms with van der Waals surface area (Å²) in [6.07, 6.45) is 8.12. The van der Waals surface area contributed by atoms with Gasteiger partial charge in [-0.1, -0.05) is 63.6 Å². The number of para-hydroxylation sites is 1. The van der Waals surface area contributed by atoms with E-state index in [4.69, 9.17) is 16.3 Å². The molecule has 0 saturated heterocycles. The zero-order valence-electron chi connectivity index (χ0n) is 19.7. The lowest BCUT2D eigenvalue weighted by molar-refractivity contribution is 0.289. The summed E-state index contributed by atoms with van der Waals surface area (Å²) in [5.74, 6) is 1.38. The average molecular weight is 457 g/mol. The van der Waals surface area contributed by atoms with E-state index in [0.717, 1.165) is 31.5 Å². The largest absolute Gasteiger partial charge is 0.457 e. The molecule has 2 aromatic carbocycles. The second-order valence-electron chi connectivity index (χ2n) is 11.0. The van der Waals surface area contributed by atoms with Crippen LogP contribution >= 0.6 is 11.6 Å². The lowest BCUT2D eigenvalue weighted by Crippen LogP contribution is -2.48. The topological polar surface area (TPSA) is 36.3 Å². The highest BCUT2D eigenvalue weighted by molar-refractivity contribution is 6.35. The summed E-state index contributed by atoms with van der Waals surface area (Å²) in [5.41, 5.74) is 7.56. The van der Waals surface area contributed by atoms with Crippen LogP contribution in [0.4, 0.5) is 5.69 Å². The predicted molar refractivity (Wildman–Crippen MR) is 136 cm³/mol. The van der Waals surface area contributed by atoms with Crippen LogP contribution in [-0.2, 0) is 12.8 Å². The second-order valence-corrected chi connectivity index (χ2v) is 11.4. The molecule has 0 radical (unpaired) electrons. The van der Waals surface area contributed by atoms with E-state index in [2.05, 4.69) is 56.9 Å². The standard InChI is InChI=1S/C29H29ClN2O/c1-28(2)14-20-11-19(12-21-15-29(3,4)18-32(17-28)27(20)21)9-10-22-13-24(25(30)16-31)23-7-5-6-8-26(23)33-22/h5-13H,14-15,17-18H2,1-4H3/b10-9+,25-24+. The summed E-state index contributed by atoms with van der Waals surface area (Å²) in [7, 11) is 0. The maximum Gasteiger partial charge on any atom is 0.135 e. The number of benzene rings is 2. The minimum Gasteiger partial charge on any atom is -0.457 e. The number of hydrogen-bond acceptors (Lipinski definition) is 3. The molecular weight excluding hydrogens is 428 g/mol. The Kier molecular flexibility index (Phi) is 5.18. The Labute approximate surface area is 201 Å². The van der Waals surface area contributed by atoms with Gasteiger partial charge in [0.1, 0.15) is 22.6 Å². The van der Waals surface area contributed by atoms with Gasteiger partial charge in [-0.3, -0.25) is 0 Å². The SMILES string of the molecule is CC1(C)Cc2cc(/C=C/C3=CC(=C(\Cl)C#N)/c4ccccc4O3)cc3c2N(C1)CC(C)(C)C3. The van der Waals surface area contributed by atoms with Gasteiger partial charge in [-0.05, 0) is 70.7 Å². The molecule has 3 heterocycles. The molecule has 0 amide bonds. The molecule has 3 nitrogen and oxygen atoms in total. The van der Waals surface area contributed by atoms with Gasteiger partial charge in [-0.25, -0.2) is 0 Å². The van der Waals surface area contributed by atoms with E-state index in [1.807, 2.05) is 36.4 Å². The lowest BCUT2D eigenvalue weighted by Gasteiger charge is -2.48. The molecule has 0 aliphatic carbocycles. The number of fused-ring (bicyclic) bond motifs is 1. The fraction of sp³-hybridized carbons (Fsp3) is 0.345. The molecule has 0 aromatic heterocycles. The van der Waals surface area contributed by atoms with Crippen LogP contribution in [0.3, 0.4) is 0 Å². The molecule has 0 N–H and O–H groups in total. The van der Waals surface area contributed by atoms with Gasteiger partial charge in [0.15, 0.2) is 0 Å². The van der Waals surface area contributed by atoms with E-state index < -0.39 is 0 Å². The average Bonchev–Trinajstić information content (AvgIpc) is 2.74. The van der Waals surface area contributed by atoms with Crippen molar-refractivity contribution < 1.29 is 4.74 Å². The third-order valence-corrected chi connectivity index (χ3v) is 6.94. The zero-order chi connectivity index (χ0) is 23.4. The quantitative estimate of drug-likeness (QED) is 0.451. The molecule has 3 aliphatic rings. The van der Waals surface area contributed by atoms with Crippen molar-refractivity contribution in [2.75, 3.05) is 18.0 Å². The van der Waals surface area contributed by atoms with Gasteiger partial charge in [0.2, 0.25) is 0 Å². The van der Waals surface area contributed by atoms with Gasteiger partial charge < -0.3 is 9.64 Å². The van der Waals surface area contributed by atoms with Crippen LogP contribution in [0.1, 0.15) is 49.9 Å². The van der Waals surface area contributed by atoms with Gasteiger partial charge >= 0.3 is 0 Å². The molecule has 0 unspecified atom stereocenters. The van der Waals surface area contributed by atoms with Gasteiger partial charge in [-0.15, -0.1) is 0 Å².